The molecule has 2 aromatic carbocycles. The van der Waals surface area contributed by atoms with Crippen LogP contribution >= 0.6 is 0 Å². The van der Waals surface area contributed by atoms with Gasteiger partial charge < -0.3 is 10.2 Å². The average molecular weight is 369 g/mol. The number of phenolic OH excluding ortho intramolecular Hbond substituents is 2. The summed E-state index contributed by atoms with van der Waals surface area (Å²) in [5, 5.41) is 22.1. The highest BCUT2D eigenvalue weighted by molar-refractivity contribution is 5.82. The summed E-state index contributed by atoms with van der Waals surface area (Å²) in [5.41, 5.74) is 5.29. The van der Waals surface area contributed by atoms with Gasteiger partial charge in [-0.05, 0) is 52.0 Å². The van der Waals surface area contributed by atoms with Crippen LogP contribution in [0.2, 0.25) is 0 Å². The maximum absolute atomic E-state index is 11.3. The Morgan fingerprint density at radius 3 is 1.70 bits per heavy atom. The summed E-state index contributed by atoms with van der Waals surface area (Å²) in [7, 11) is 0. The Labute approximate surface area is 165 Å². The normalized spacial score (nSPS) is 13.1. The van der Waals surface area contributed by atoms with Crippen molar-refractivity contribution in [2.75, 3.05) is 0 Å². The highest BCUT2D eigenvalue weighted by Gasteiger charge is 2.30. The zero-order valence-corrected chi connectivity index (χ0v) is 18.7. The van der Waals surface area contributed by atoms with Crippen molar-refractivity contribution in [3.05, 3.63) is 46.5 Å². The van der Waals surface area contributed by atoms with Crippen LogP contribution in [0.15, 0.2) is 24.3 Å². The zero-order valence-electron chi connectivity index (χ0n) is 18.7. The van der Waals surface area contributed by atoms with Gasteiger partial charge in [0.1, 0.15) is 11.5 Å². The molecule has 0 amide bonds. The van der Waals surface area contributed by atoms with Crippen LogP contribution in [0.3, 0.4) is 0 Å². The molecule has 2 aromatic rings. The van der Waals surface area contributed by atoms with Gasteiger partial charge >= 0.3 is 0 Å². The molecule has 0 spiro atoms. The van der Waals surface area contributed by atoms with E-state index in [2.05, 4.69) is 75.3 Å². The number of aryl methyl sites for hydroxylation is 1. The summed E-state index contributed by atoms with van der Waals surface area (Å²) in [6.07, 6.45) is 0. The lowest BCUT2D eigenvalue weighted by atomic mass is 9.75. The predicted molar refractivity (Wildman–Crippen MR) is 116 cm³/mol. The Bertz CT molecular complexity index is 854. The van der Waals surface area contributed by atoms with Gasteiger partial charge in [-0.1, -0.05) is 74.4 Å². The first kappa shape index (κ1) is 21.3. The molecule has 0 aromatic heterocycles. The van der Waals surface area contributed by atoms with E-state index < -0.39 is 0 Å². The Morgan fingerprint density at radius 2 is 1.26 bits per heavy atom. The lowest BCUT2D eigenvalue weighted by molar-refractivity contribution is 0.444. The van der Waals surface area contributed by atoms with Gasteiger partial charge in [-0.25, -0.2) is 0 Å². The molecule has 0 unspecified atom stereocenters. The SMILES string of the molecule is Cc1ccc(O)c(-c2cc(C(C)(C)C)cc(C(C)(C)C)c2O)c1C(C)(C)C. The molecule has 0 aliphatic heterocycles. The summed E-state index contributed by atoms with van der Waals surface area (Å²) in [6, 6.07) is 7.85. The molecule has 0 radical (unpaired) electrons. The summed E-state index contributed by atoms with van der Waals surface area (Å²) >= 11 is 0. The van der Waals surface area contributed by atoms with Gasteiger partial charge in [0.05, 0.1) is 0 Å². The molecule has 2 nitrogen and oxygen atoms in total. The van der Waals surface area contributed by atoms with E-state index in [-0.39, 0.29) is 27.7 Å². The third-order valence-corrected chi connectivity index (χ3v) is 5.19. The molecule has 0 heterocycles. The van der Waals surface area contributed by atoms with Crippen molar-refractivity contribution in [1.29, 1.82) is 0 Å². The Hall–Kier alpha value is -1.96. The second-order valence-corrected chi connectivity index (χ2v) is 10.8. The molecule has 0 aliphatic carbocycles. The largest absolute Gasteiger partial charge is 0.507 e. The van der Waals surface area contributed by atoms with E-state index in [1.807, 2.05) is 12.1 Å². The molecule has 148 valence electrons. The fourth-order valence-electron chi connectivity index (χ4n) is 3.76. The van der Waals surface area contributed by atoms with E-state index in [0.717, 1.165) is 33.4 Å². The Balaban J connectivity index is 3.03. The van der Waals surface area contributed by atoms with Crippen LogP contribution < -0.4 is 0 Å². The van der Waals surface area contributed by atoms with Crippen molar-refractivity contribution in [3.8, 4) is 22.6 Å². The maximum atomic E-state index is 11.3. The van der Waals surface area contributed by atoms with Gasteiger partial charge in [0.15, 0.2) is 0 Å². The molecule has 0 atom stereocenters. The van der Waals surface area contributed by atoms with Crippen molar-refractivity contribution in [3.63, 3.8) is 0 Å². The van der Waals surface area contributed by atoms with E-state index >= 15 is 0 Å². The second kappa shape index (κ2) is 6.58. The van der Waals surface area contributed by atoms with Crippen LogP contribution in [-0.4, -0.2) is 10.2 Å². The van der Waals surface area contributed by atoms with Crippen LogP contribution in [0.4, 0.5) is 0 Å². The van der Waals surface area contributed by atoms with Crippen LogP contribution in [-0.2, 0) is 16.2 Å². The van der Waals surface area contributed by atoms with Gasteiger partial charge in [-0.2, -0.15) is 0 Å². The molecule has 0 saturated heterocycles. The molecule has 2 rings (SSSR count). The van der Waals surface area contributed by atoms with E-state index in [1.54, 1.807) is 6.07 Å². The van der Waals surface area contributed by atoms with Crippen molar-refractivity contribution >= 4 is 0 Å². The minimum absolute atomic E-state index is 0.0657. The molecule has 0 saturated carbocycles. The highest BCUT2D eigenvalue weighted by Crippen LogP contribution is 2.48. The number of hydrogen-bond acceptors (Lipinski definition) is 2. The third kappa shape index (κ3) is 4.15. The molecule has 0 fully saturated rings. The quantitative estimate of drug-likeness (QED) is 0.571. The summed E-state index contributed by atoms with van der Waals surface area (Å²) in [4.78, 5) is 0. The molecule has 27 heavy (non-hydrogen) atoms. The Kier molecular flexibility index (Phi) is 5.20. The molecule has 0 aliphatic rings. The van der Waals surface area contributed by atoms with Gasteiger partial charge in [0.25, 0.3) is 0 Å². The standard InChI is InChI=1S/C25H36O2/c1-15-11-12-19(26)20(21(15)25(8,9)10)17-13-16(23(2,3)4)14-18(22(17)27)24(5,6)7/h11-14,26-27H,1-10H3. The summed E-state index contributed by atoms with van der Waals surface area (Å²) in [6.45, 7) is 21.4. The topological polar surface area (TPSA) is 40.5 Å². The molecular weight excluding hydrogens is 332 g/mol. The highest BCUT2D eigenvalue weighted by atomic mass is 16.3. The minimum atomic E-state index is -0.207. The van der Waals surface area contributed by atoms with Crippen molar-refractivity contribution in [1.82, 2.24) is 0 Å². The molecular formula is C25H36O2. The minimum Gasteiger partial charge on any atom is -0.507 e. The first-order valence-corrected chi connectivity index (χ1v) is 9.76. The number of phenols is 2. The van der Waals surface area contributed by atoms with E-state index in [0.29, 0.717) is 0 Å². The van der Waals surface area contributed by atoms with Crippen LogP contribution in [0.25, 0.3) is 11.1 Å². The van der Waals surface area contributed by atoms with Crippen LogP contribution in [0, 0.1) is 6.92 Å². The van der Waals surface area contributed by atoms with Gasteiger partial charge in [0.2, 0.25) is 0 Å². The lowest BCUT2D eigenvalue weighted by Gasteiger charge is -2.30. The second-order valence-electron chi connectivity index (χ2n) is 10.8. The smallest absolute Gasteiger partial charge is 0.127 e. The number of benzene rings is 2. The molecule has 2 heteroatoms. The zero-order chi connectivity index (χ0) is 20.9. The van der Waals surface area contributed by atoms with Crippen molar-refractivity contribution in [2.45, 2.75) is 85.5 Å². The van der Waals surface area contributed by atoms with E-state index in [9.17, 15) is 10.2 Å². The summed E-state index contributed by atoms with van der Waals surface area (Å²) in [5.74, 6) is 0.480. The fraction of sp³-hybridized carbons (Fsp3) is 0.520. The van der Waals surface area contributed by atoms with Gasteiger partial charge in [-0.3, -0.25) is 0 Å². The molecule has 2 N–H and O–H groups in total. The van der Waals surface area contributed by atoms with Crippen LogP contribution in [0.5, 0.6) is 11.5 Å². The van der Waals surface area contributed by atoms with Crippen molar-refractivity contribution < 1.29 is 10.2 Å². The van der Waals surface area contributed by atoms with E-state index in [4.69, 9.17) is 0 Å². The molecule has 0 bridgehead atoms. The number of aromatic hydroxyl groups is 2. The number of hydrogen-bond donors (Lipinski definition) is 2. The maximum Gasteiger partial charge on any atom is 0.127 e. The fourth-order valence-corrected chi connectivity index (χ4v) is 3.76. The monoisotopic (exact) mass is 368 g/mol. The summed E-state index contributed by atoms with van der Waals surface area (Å²) < 4.78 is 0. The first-order valence-electron chi connectivity index (χ1n) is 9.76. The van der Waals surface area contributed by atoms with Gasteiger partial charge in [-0.15, -0.1) is 0 Å². The average Bonchev–Trinajstić information content (AvgIpc) is 2.46. The number of rotatable bonds is 1. The van der Waals surface area contributed by atoms with E-state index in [1.165, 1.54) is 0 Å². The Morgan fingerprint density at radius 1 is 0.704 bits per heavy atom. The third-order valence-electron chi connectivity index (χ3n) is 5.19. The van der Waals surface area contributed by atoms with Crippen LogP contribution in [0.1, 0.15) is 84.6 Å². The lowest BCUT2D eigenvalue weighted by Crippen LogP contribution is -2.18. The van der Waals surface area contributed by atoms with Gasteiger partial charge in [0, 0.05) is 16.7 Å². The van der Waals surface area contributed by atoms with Crippen molar-refractivity contribution in [2.24, 2.45) is 0 Å². The predicted octanol–water partition coefficient (Wildman–Crippen LogP) is 6.97. The first-order chi connectivity index (χ1) is 12.0.